The van der Waals surface area contributed by atoms with E-state index in [0.717, 1.165) is 0 Å². The van der Waals surface area contributed by atoms with Crippen LogP contribution in [0.1, 0.15) is 16.1 Å². The molecule has 2 rings (SSSR count). The molecular weight excluding hydrogens is 286 g/mol. The summed E-state index contributed by atoms with van der Waals surface area (Å²) in [6, 6.07) is 8.13. The van der Waals surface area contributed by atoms with Crippen molar-refractivity contribution in [3.63, 3.8) is 0 Å². The van der Waals surface area contributed by atoms with Crippen LogP contribution in [0.5, 0.6) is 5.75 Å². The molecule has 4 nitrogen and oxygen atoms in total. The zero-order chi connectivity index (χ0) is 12.4. The molecule has 88 valence electrons. The molecular formula is C12H10BrNO3. The van der Waals surface area contributed by atoms with Gasteiger partial charge in [-0.15, -0.1) is 0 Å². The number of benzene rings is 1. The molecule has 0 unspecified atom stereocenters. The zero-order valence-corrected chi connectivity index (χ0v) is 10.7. The molecule has 0 atom stereocenters. The van der Waals surface area contributed by atoms with E-state index >= 15 is 0 Å². The third kappa shape index (κ3) is 2.34. The van der Waals surface area contributed by atoms with Gasteiger partial charge in [-0.2, -0.15) is 0 Å². The number of furan rings is 1. The minimum absolute atomic E-state index is 0.214. The van der Waals surface area contributed by atoms with E-state index in [0.29, 0.717) is 21.7 Å². The van der Waals surface area contributed by atoms with Crippen molar-refractivity contribution in [2.75, 3.05) is 12.8 Å². The fourth-order valence-electron chi connectivity index (χ4n) is 1.43. The topological polar surface area (TPSA) is 65.5 Å². The second-order valence-corrected chi connectivity index (χ2v) is 4.17. The Labute approximate surface area is 106 Å². The maximum absolute atomic E-state index is 12.0. The number of methoxy groups -OCH3 is 1. The van der Waals surface area contributed by atoms with Gasteiger partial charge in [0, 0.05) is 5.56 Å². The molecule has 0 saturated carbocycles. The first-order chi connectivity index (χ1) is 8.11. The van der Waals surface area contributed by atoms with Crippen LogP contribution in [0, 0.1) is 0 Å². The number of nitrogen functional groups attached to an aromatic ring is 1. The van der Waals surface area contributed by atoms with Crippen LogP contribution >= 0.6 is 15.9 Å². The van der Waals surface area contributed by atoms with E-state index < -0.39 is 0 Å². The van der Waals surface area contributed by atoms with Crippen LogP contribution in [0.25, 0.3) is 0 Å². The van der Waals surface area contributed by atoms with Gasteiger partial charge in [0.2, 0.25) is 5.78 Å². The van der Waals surface area contributed by atoms with Gasteiger partial charge in [-0.05, 0) is 46.3 Å². The smallest absolute Gasteiger partial charge is 0.228 e. The average Bonchev–Trinajstić information content (AvgIpc) is 2.75. The number of ether oxygens (including phenoxy) is 1. The lowest BCUT2D eigenvalue weighted by Crippen LogP contribution is -2.01. The summed E-state index contributed by atoms with van der Waals surface area (Å²) in [4.78, 5) is 12.0. The van der Waals surface area contributed by atoms with E-state index in [1.807, 2.05) is 0 Å². The Morgan fingerprint density at radius 1 is 1.35 bits per heavy atom. The zero-order valence-electron chi connectivity index (χ0n) is 9.07. The summed E-state index contributed by atoms with van der Waals surface area (Å²) in [5, 5.41) is 0. The van der Waals surface area contributed by atoms with Gasteiger partial charge in [-0.3, -0.25) is 4.79 Å². The van der Waals surface area contributed by atoms with Crippen LogP contribution in [-0.2, 0) is 0 Å². The monoisotopic (exact) mass is 295 g/mol. The van der Waals surface area contributed by atoms with E-state index in [9.17, 15) is 4.79 Å². The van der Waals surface area contributed by atoms with Gasteiger partial charge >= 0.3 is 0 Å². The lowest BCUT2D eigenvalue weighted by Gasteiger charge is -2.05. The minimum atomic E-state index is -0.214. The van der Waals surface area contributed by atoms with E-state index in [2.05, 4.69) is 15.9 Å². The molecule has 0 aliphatic rings. The van der Waals surface area contributed by atoms with Gasteiger partial charge in [-0.1, -0.05) is 0 Å². The Morgan fingerprint density at radius 3 is 2.71 bits per heavy atom. The summed E-state index contributed by atoms with van der Waals surface area (Å²) in [5.74, 6) is 0.527. The summed E-state index contributed by atoms with van der Waals surface area (Å²) in [6.45, 7) is 0. The van der Waals surface area contributed by atoms with Crippen molar-refractivity contribution in [1.82, 2.24) is 0 Å². The van der Waals surface area contributed by atoms with Crippen molar-refractivity contribution in [2.45, 2.75) is 0 Å². The van der Waals surface area contributed by atoms with Crippen molar-refractivity contribution in [1.29, 1.82) is 0 Å². The first kappa shape index (κ1) is 11.7. The molecule has 0 saturated heterocycles. The van der Waals surface area contributed by atoms with Crippen LogP contribution in [-0.4, -0.2) is 12.9 Å². The number of nitrogens with two attached hydrogens (primary N) is 1. The maximum atomic E-state index is 12.0. The Hall–Kier alpha value is -1.75. The lowest BCUT2D eigenvalue weighted by atomic mass is 10.1. The average molecular weight is 296 g/mol. The predicted octanol–water partition coefficient (Wildman–Crippen LogP) is 2.86. The van der Waals surface area contributed by atoms with Gasteiger partial charge in [0.25, 0.3) is 0 Å². The van der Waals surface area contributed by atoms with E-state index in [-0.39, 0.29) is 11.5 Å². The van der Waals surface area contributed by atoms with Crippen molar-refractivity contribution < 1.29 is 13.9 Å². The first-order valence-electron chi connectivity index (χ1n) is 4.85. The van der Waals surface area contributed by atoms with E-state index in [4.69, 9.17) is 14.9 Å². The maximum Gasteiger partial charge on any atom is 0.228 e. The van der Waals surface area contributed by atoms with Gasteiger partial charge in [0.15, 0.2) is 10.4 Å². The van der Waals surface area contributed by atoms with Crippen LogP contribution < -0.4 is 10.5 Å². The van der Waals surface area contributed by atoms with E-state index in [1.54, 1.807) is 30.3 Å². The van der Waals surface area contributed by atoms with Crippen molar-refractivity contribution in [3.05, 3.63) is 46.3 Å². The molecule has 17 heavy (non-hydrogen) atoms. The SMILES string of the molecule is COc1cc(C(=O)c2ccc(Br)o2)ccc1N. The molecule has 0 aliphatic heterocycles. The second kappa shape index (κ2) is 4.63. The van der Waals surface area contributed by atoms with Crippen LogP contribution in [0.15, 0.2) is 39.4 Å². The molecule has 0 aliphatic carbocycles. The summed E-state index contributed by atoms with van der Waals surface area (Å²) in [5.41, 5.74) is 6.64. The molecule has 1 aromatic heterocycles. The molecule has 0 amide bonds. The molecule has 0 fully saturated rings. The van der Waals surface area contributed by atoms with Gasteiger partial charge in [0.05, 0.1) is 12.8 Å². The molecule has 2 aromatic rings. The summed E-state index contributed by atoms with van der Waals surface area (Å²) < 4.78 is 10.8. The lowest BCUT2D eigenvalue weighted by molar-refractivity contribution is 0.101. The fourth-order valence-corrected chi connectivity index (χ4v) is 1.74. The highest BCUT2D eigenvalue weighted by Crippen LogP contribution is 2.24. The number of anilines is 1. The fraction of sp³-hybridized carbons (Fsp3) is 0.0833. The standard InChI is InChI=1S/C12H10BrNO3/c1-16-10-6-7(2-3-8(10)14)12(15)9-4-5-11(13)17-9/h2-6H,14H2,1H3. The number of hydrogen-bond acceptors (Lipinski definition) is 4. The molecule has 0 spiro atoms. The third-order valence-corrected chi connectivity index (χ3v) is 2.72. The number of carbonyl (C=O) groups is 1. The number of hydrogen-bond donors (Lipinski definition) is 1. The summed E-state index contributed by atoms with van der Waals surface area (Å²) >= 11 is 3.15. The largest absolute Gasteiger partial charge is 0.495 e. The van der Waals surface area contributed by atoms with Gasteiger partial charge < -0.3 is 14.9 Å². The Morgan fingerprint density at radius 2 is 2.12 bits per heavy atom. The van der Waals surface area contributed by atoms with Crippen LogP contribution in [0.2, 0.25) is 0 Å². The molecule has 0 bridgehead atoms. The Bertz CT molecular complexity index is 563. The molecule has 2 N–H and O–H groups in total. The quantitative estimate of drug-likeness (QED) is 0.698. The van der Waals surface area contributed by atoms with Gasteiger partial charge in [0.1, 0.15) is 5.75 Å². The molecule has 5 heteroatoms. The Kier molecular flexibility index (Phi) is 3.19. The van der Waals surface area contributed by atoms with Crippen molar-refractivity contribution in [2.24, 2.45) is 0 Å². The highest BCUT2D eigenvalue weighted by atomic mass is 79.9. The third-order valence-electron chi connectivity index (χ3n) is 2.29. The van der Waals surface area contributed by atoms with Crippen LogP contribution in [0.3, 0.4) is 0 Å². The van der Waals surface area contributed by atoms with E-state index in [1.165, 1.54) is 7.11 Å². The summed E-state index contributed by atoms with van der Waals surface area (Å²) in [6.07, 6.45) is 0. The predicted molar refractivity (Wildman–Crippen MR) is 67.2 cm³/mol. The number of rotatable bonds is 3. The molecule has 1 heterocycles. The van der Waals surface area contributed by atoms with Crippen LogP contribution in [0.4, 0.5) is 5.69 Å². The molecule has 0 radical (unpaired) electrons. The molecule has 1 aromatic carbocycles. The Balaban J connectivity index is 2.37. The highest BCUT2D eigenvalue weighted by Gasteiger charge is 2.14. The van der Waals surface area contributed by atoms with Gasteiger partial charge in [-0.25, -0.2) is 0 Å². The normalized spacial score (nSPS) is 10.2. The number of halogens is 1. The highest BCUT2D eigenvalue weighted by molar-refractivity contribution is 9.10. The number of ketones is 1. The van der Waals surface area contributed by atoms with Crippen molar-refractivity contribution in [3.8, 4) is 5.75 Å². The summed E-state index contributed by atoms with van der Waals surface area (Å²) in [7, 11) is 1.50. The van der Waals surface area contributed by atoms with Crippen molar-refractivity contribution >= 4 is 27.4 Å². The first-order valence-corrected chi connectivity index (χ1v) is 5.64. The second-order valence-electron chi connectivity index (χ2n) is 3.39. The minimum Gasteiger partial charge on any atom is -0.495 e. The number of carbonyl (C=O) groups excluding carboxylic acids is 1.